The molecule has 7 heteroatoms. The van der Waals surface area contributed by atoms with E-state index in [1.807, 2.05) is 0 Å². The molecule has 0 spiro atoms. The van der Waals surface area contributed by atoms with E-state index in [0.29, 0.717) is 4.41 Å². The molecule has 0 fully saturated rings. The van der Waals surface area contributed by atoms with Crippen LogP contribution in [0.1, 0.15) is 10.4 Å². The van der Waals surface area contributed by atoms with Crippen molar-refractivity contribution in [3.63, 3.8) is 0 Å². The number of nitrogens with zero attached hydrogens (tertiary/aromatic N) is 1. The molecule has 0 atom stereocenters. The number of amides is 1. The molecule has 2 aromatic carbocycles. The topological polar surface area (TPSA) is 66.5 Å². The van der Waals surface area contributed by atoms with Gasteiger partial charge in [0.2, 0.25) is 0 Å². The van der Waals surface area contributed by atoms with Crippen LogP contribution in [0.2, 0.25) is 0 Å². The SMILES string of the molecule is CN(NC(=O)c1cccc(F)c1)S(=O)(=O)c1ccccc1. The van der Waals surface area contributed by atoms with Crippen molar-refractivity contribution in [1.29, 1.82) is 0 Å². The minimum Gasteiger partial charge on any atom is -0.271 e. The number of rotatable bonds is 4. The number of hydrogen-bond donors (Lipinski definition) is 1. The van der Waals surface area contributed by atoms with Gasteiger partial charge in [-0.1, -0.05) is 24.3 Å². The van der Waals surface area contributed by atoms with Crippen molar-refractivity contribution in [3.05, 3.63) is 66.0 Å². The van der Waals surface area contributed by atoms with E-state index in [4.69, 9.17) is 0 Å². The van der Waals surface area contributed by atoms with Gasteiger partial charge in [-0.2, -0.15) is 0 Å². The zero-order valence-electron chi connectivity index (χ0n) is 11.2. The van der Waals surface area contributed by atoms with Crippen LogP contribution < -0.4 is 5.43 Å². The highest BCUT2D eigenvalue weighted by Crippen LogP contribution is 2.12. The van der Waals surface area contributed by atoms with Crippen LogP contribution in [-0.2, 0) is 10.0 Å². The second kappa shape index (κ2) is 6.02. The van der Waals surface area contributed by atoms with E-state index in [9.17, 15) is 17.6 Å². The Labute approximate surface area is 122 Å². The molecule has 2 rings (SSSR count). The number of benzene rings is 2. The van der Waals surface area contributed by atoms with Crippen LogP contribution in [0.5, 0.6) is 0 Å². The molecule has 1 amide bonds. The van der Waals surface area contributed by atoms with Gasteiger partial charge in [0.25, 0.3) is 15.9 Å². The Kier molecular flexibility index (Phi) is 4.35. The fourth-order valence-electron chi connectivity index (χ4n) is 1.65. The molecule has 0 aliphatic heterocycles. The fourth-order valence-corrected chi connectivity index (χ4v) is 2.67. The second-order valence-corrected chi connectivity index (χ2v) is 6.21. The molecule has 0 radical (unpaired) electrons. The molecule has 2 aromatic rings. The summed E-state index contributed by atoms with van der Waals surface area (Å²) in [5, 5.41) is 0. The van der Waals surface area contributed by atoms with E-state index >= 15 is 0 Å². The molecular weight excluding hydrogens is 295 g/mol. The maximum Gasteiger partial charge on any atom is 0.266 e. The quantitative estimate of drug-likeness (QED) is 0.876. The molecule has 1 N–H and O–H groups in total. The molecule has 110 valence electrons. The standard InChI is InChI=1S/C14H13FN2O3S/c1-17(21(19,20)13-8-3-2-4-9-13)16-14(18)11-6-5-7-12(15)10-11/h2-10H,1H3,(H,16,18). The lowest BCUT2D eigenvalue weighted by Crippen LogP contribution is -2.43. The number of carbonyl (C=O) groups is 1. The second-order valence-electron chi connectivity index (χ2n) is 4.24. The highest BCUT2D eigenvalue weighted by molar-refractivity contribution is 7.89. The maximum absolute atomic E-state index is 13.1. The number of nitrogens with one attached hydrogen (secondary N) is 1. The van der Waals surface area contributed by atoms with Gasteiger partial charge >= 0.3 is 0 Å². The predicted molar refractivity (Wildman–Crippen MR) is 75.3 cm³/mol. The first-order valence-corrected chi connectivity index (χ1v) is 7.46. The van der Waals surface area contributed by atoms with Crippen molar-refractivity contribution in [1.82, 2.24) is 9.84 Å². The van der Waals surface area contributed by atoms with Crippen molar-refractivity contribution in [2.24, 2.45) is 0 Å². The van der Waals surface area contributed by atoms with Crippen molar-refractivity contribution in [2.75, 3.05) is 7.05 Å². The van der Waals surface area contributed by atoms with E-state index in [0.717, 1.165) is 6.07 Å². The minimum atomic E-state index is -3.84. The molecule has 0 aromatic heterocycles. The van der Waals surface area contributed by atoms with Gasteiger partial charge in [0.05, 0.1) is 4.90 Å². The Bertz CT molecular complexity index is 748. The van der Waals surface area contributed by atoms with Gasteiger partial charge in [-0.05, 0) is 30.3 Å². The summed E-state index contributed by atoms with van der Waals surface area (Å²) < 4.78 is 38.2. The molecule has 0 saturated heterocycles. The van der Waals surface area contributed by atoms with Crippen molar-refractivity contribution in [3.8, 4) is 0 Å². The lowest BCUT2D eigenvalue weighted by molar-refractivity contribution is 0.0893. The highest BCUT2D eigenvalue weighted by atomic mass is 32.2. The van der Waals surface area contributed by atoms with Gasteiger partial charge in [0.15, 0.2) is 0 Å². The Hall–Kier alpha value is -2.25. The molecule has 0 heterocycles. The van der Waals surface area contributed by atoms with Crippen LogP contribution >= 0.6 is 0 Å². The Balaban J connectivity index is 2.18. The summed E-state index contributed by atoms with van der Waals surface area (Å²) in [5.74, 6) is -1.28. The first-order valence-electron chi connectivity index (χ1n) is 6.02. The van der Waals surface area contributed by atoms with E-state index in [1.165, 1.54) is 37.4 Å². The Morgan fingerprint density at radius 2 is 1.76 bits per heavy atom. The molecule has 0 unspecified atom stereocenters. The van der Waals surface area contributed by atoms with Crippen LogP contribution in [0.25, 0.3) is 0 Å². The largest absolute Gasteiger partial charge is 0.271 e. The minimum absolute atomic E-state index is 0.0325. The summed E-state index contributed by atoms with van der Waals surface area (Å²) in [6.07, 6.45) is 0. The van der Waals surface area contributed by atoms with Gasteiger partial charge in [0, 0.05) is 12.6 Å². The third-order valence-corrected chi connectivity index (χ3v) is 4.43. The molecule has 0 aliphatic carbocycles. The molecular formula is C14H13FN2O3S. The smallest absolute Gasteiger partial charge is 0.266 e. The summed E-state index contributed by atoms with van der Waals surface area (Å²) in [5.41, 5.74) is 2.23. The van der Waals surface area contributed by atoms with Gasteiger partial charge in [-0.15, -0.1) is 4.41 Å². The summed E-state index contributed by atoms with van der Waals surface area (Å²) in [6.45, 7) is 0. The van der Waals surface area contributed by atoms with Crippen LogP contribution in [0.15, 0.2) is 59.5 Å². The third-order valence-electron chi connectivity index (χ3n) is 2.75. The Morgan fingerprint density at radius 1 is 1.10 bits per heavy atom. The summed E-state index contributed by atoms with van der Waals surface area (Å²) in [7, 11) is -2.64. The lowest BCUT2D eigenvalue weighted by Gasteiger charge is -2.18. The number of sulfonamides is 1. The predicted octanol–water partition coefficient (Wildman–Crippen LogP) is 1.79. The number of halogens is 1. The number of carbonyl (C=O) groups excluding carboxylic acids is 1. The molecule has 5 nitrogen and oxygen atoms in total. The van der Waals surface area contributed by atoms with Gasteiger partial charge < -0.3 is 0 Å². The zero-order valence-corrected chi connectivity index (χ0v) is 12.0. The molecule has 0 bridgehead atoms. The zero-order chi connectivity index (χ0) is 15.5. The average molecular weight is 308 g/mol. The molecule has 21 heavy (non-hydrogen) atoms. The fraction of sp³-hybridized carbons (Fsp3) is 0.0714. The van der Waals surface area contributed by atoms with E-state index in [2.05, 4.69) is 5.43 Å². The normalized spacial score (nSPS) is 11.4. The van der Waals surface area contributed by atoms with E-state index < -0.39 is 21.7 Å². The lowest BCUT2D eigenvalue weighted by atomic mass is 10.2. The maximum atomic E-state index is 13.1. The van der Waals surface area contributed by atoms with Crippen LogP contribution in [0.4, 0.5) is 4.39 Å². The molecule has 0 saturated carbocycles. The first kappa shape index (κ1) is 15.1. The summed E-state index contributed by atoms with van der Waals surface area (Å²) in [4.78, 5) is 11.9. The number of hydrazine groups is 1. The average Bonchev–Trinajstić information content (AvgIpc) is 2.48. The van der Waals surface area contributed by atoms with Gasteiger partial charge in [-0.3, -0.25) is 10.2 Å². The Morgan fingerprint density at radius 3 is 2.38 bits per heavy atom. The monoisotopic (exact) mass is 308 g/mol. The van der Waals surface area contributed by atoms with Crippen molar-refractivity contribution >= 4 is 15.9 Å². The van der Waals surface area contributed by atoms with Crippen LogP contribution in [0, 0.1) is 5.82 Å². The van der Waals surface area contributed by atoms with Crippen LogP contribution in [0.3, 0.4) is 0 Å². The van der Waals surface area contributed by atoms with Gasteiger partial charge in [0.1, 0.15) is 5.82 Å². The third kappa shape index (κ3) is 3.45. The van der Waals surface area contributed by atoms with E-state index in [1.54, 1.807) is 18.2 Å². The van der Waals surface area contributed by atoms with Crippen LogP contribution in [-0.4, -0.2) is 25.8 Å². The van der Waals surface area contributed by atoms with Crippen molar-refractivity contribution < 1.29 is 17.6 Å². The van der Waals surface area contributed by atoms with Crippen molar-refractivity contribution in [2.45, 2.75) is 4.90 Å². The van der Waals surface area contributed by atoms with E-state index in [-0.39, 0.29) is 10.5 Å². The first-order chi connectivity index (χ1) is 9.91. The highest BCUT2D eigenvalue weighted by Gasteiger charge is 2.22. The van der Waals surface area contributed by atoms with Gasteiger partial charge in [-0.25, -0.2) is 12.8 Å². The summed E-state index contributed by atoms with van der Waals surface area (Å²) in [6, 6.07) is 12.7. The summed E-state index contributed by atoms with van der Waals surface area (Å²) >= 11 is 0. The number of hydrogen-bond acceptors (Lipinski definition) is 3. The molecule has 0 aliphatic rings.